The van der Waals surface area contributed by atoms with Gasteiger partial charge in [0.05, 0.1) is 24.9 Å². The lowest BCUT2D eigenvalue weighted by atomic mass is 9.99. The molecule has 0 spiro atoms. The van der Waals surface area contributed by atoms with Gasteiger partial charge in [0, 0.05) is 6.42 Å². The molecule has 1 N–H and O–H groups in total. The average Bonchev–Trinajstić information content (AvgIpc) is 2.67. The summed E-state index contributed by atoms with van der Waals surface area (Å²) in [6, 6.07) is 1.97. The van der Waals surface area contributed by atoms with Crippen LogP contribution < -0.4 is 0 Å². The fourth-order valence-electron chi connectivity index (χ4n) is 1.85. The summed E-state index contributed by atoms with van der Waals surface area (Å²) < 4.78 is 5.24. The van der Waals surface area contributed by atoms with E-state index in [0.29, 0.717) is 5.71 Å². The topological polar surface area (TPSA) is 95.1 Å². The molecule has 1 heterocycles. The number of hydrogen-bond acceptors (Lipinski definition) is 6. The van der Waals surface area contributed by atoms with Crippen molar-refractivity contribution in [2.24, 2.45) is 5.16 Å². The summed E-state index contributed by atoms with van der Waals surface area (Å²) in [6.45, 7) is 4.83. The van der Waals surface area contributed by atoms with Crippen molar-refractivity contribution in [1.29, 1.82) is 5.26 Å². The zero-order valence-corrected chi connectivity index (χ0v) is 11.6. The number of nitriles is 1. The van der Waals surface area contributed by atoms with E-state index in [1.165, 1.54) is 12.0 Å². The Balaban J connectivity index is 3.00. The van der Waals surface area contributed by atoms with Crippen molar-refractivity contribution < 1.29 is 19.5 Å². The molecule has 0 saturated carbocycles. The van der Waals surface area contributed by atoms with Gasteiger partial charge in [-0.05, 0) is 20.8 Å². The summed E-state index contributed by atoms with van der Waals surface area (Å²) in [5, 5.41) is 22.5. The first kappa shape index (κ1) is 15.2. The van der Waals surface area contributed by atoms with Gasteiger partial charge in [-0.3, -0.25) is 4.90 Å². The highest BCUT2D eigenvalue weighted by Gasteiger charge is 2.48. The molecule has 1 amide bonds. The number of nitrogens with zero attached hydrogens (tertiary/aromatic N) is 3. The van der Waals surface area contributed by atoms with Crippen molar-refractivity contribution >= 4 is 11.8 Å². The molecule has 7 nitrogen and oxygen atoms in total. The molecule has 1 rings (SSSR count). The second-order valence-electron chi connectivity index (χ2n) is 5.38. The van der Waals surface area contributed by atoms with Crippen LogP contribution in [0.25, 0.3) is 0 Å². The van der Waals surface area contributed by atoms with Crippen LogP contribution in [0, 0.1) is 11.3 Å². The van der Waals surface area contributed by atoms with E-state index in [4.69, 9.17) is 4.74 Å². The number of aliphatic hydroxyl groups is 1. The predicted molar refractivity (Wildman–Crippen MR) is 67.4 cm³/mol. The number of amides is 1. The van der Waals surface area contributed by atoms with E-state index in [0.717, 1.165) is 0 Å². The van der Waals surface area contributed by atoms with Crippen LogP contribution in [0.3, 0.4) is 0 Å². The molecule has 1 unspecified atom stereocenters. The van der Waals surface area contributed by atoms with Crippen LogP contribution in [-0.4, -0.2) is 53.2 Å². The van der Waals surface area contributed by atoms with Crippen molar-refractivity contribution in [3.05, 3.63) is 0 Å². The molecule has 0 aromatic carbocycles. The van der Waals surface area contributed by atoms with Crippen molar-refractivity contribution in [2.45, 2.75) is 38.3 Å². The van der Waals surface area contributed by atoms with E-state index in [1.807, 2.05) is 6.07 Å². The molecule has 1 saturated heterocycles. The van der Waals surface area contributed by atoms with Crippen molar-refractivity contribution in [1.82, 2.24) is 4.90 Å². The normalized spacial score (nSPS) is 25.3. The quantitative estimate of drug-likeness (QED) is 0.751. The number of carbonyl (C=O) groups excluding carboxylic acids is 1. The molecule has 1 fully saturated rings. The first-order chi connectivity index (χ1) is 8.78. The van der Waals surface area contributed by atoms with E-state index in [-0.39, 0.29) is 13.0 Å². The summed E-state index contributed by atoms with van der Waals surface area (Å²) in [5.41, 5.74) is -1.49. The Morgan fingerprint density at radius 1 is 1.63 bits per heavy atom. The Hall–Kier alpha value is -1.81. The molecule has 1 aliphatic heterocycles. The van der Waals surface area contributed by atoms with Gasteiger partial charge in [0.25, 0.3) is 0 Å². The SMILES string of the molecule is CON=C1CN(C(=O)OC(C)(C)C)C(C#N)(CO)C1. The first-order valence-electron chi connectivity index (χ1n) is 5.89. The Labute approximate surface area is 112 Å². The number of aliphatic hydroxyl groups excluding tert-OH is 1. The van der Waals surface area contributed by atoms with Gasteiger partial charge in [-0.2, -0.15) is 5.26 Å². The maximum Gasteiger partial charge on any atom is 0.412 e. The number of likely N-dealkylation sites (tertiary alicyclic amines) is 1. The van der Waals surface area contributed by atoms with Gasteiger partial charge in [0.2, 0.25) is 0 Å². The lowest BCUT2D eigenvalue weighted by molar-refractivity contribution is 0.00755. The number of rotatable bonds is 2. The lowest BCUT2D eigenvalue weighted by Crippen LogP contribution is -2.50. The fraction of sp³-hybridized carbons (Fsp3) is 0.750. The number of carbonyl (C=O) groups is 1. The van der Waals surface area contributed by atoms with Gasteiger partial charge in [-0.1, -0.05) is 5.16 Å². The van der Waals surface area contributed by atoms with E-state index in [9.17, 15) is 15.2 Å². The maximum atomic E-state index is 12.1. The monoisotopic (exact) mass is 269 g/mol. The van der Waals surface area contributed by atoms with Crippen molar-refractivity contribution in [3.63, 3.8) is 0 Å². The molecular formula is C12H19N3O4. The molecule has 0 radical (unpaired) electrons. The summed E-state index contributed by atoms with van der Waals surface area (Å²) in [7, 11) is 1.39. The zero-order valence-electron chi connectivity index (χ0n) is 11.6. The summed E-state index contributed by atoms with van der Waals surface area (Å²) in [5.74, 6) is 0. The predicted octanol–water partition coefficient (Wildman–Crippen LogP) is 0.884. The van der Waals surface area contributed by atoms with Crippen LogP contribution in [-0.2, 0) is 9.57 Å². The molecule has 0 aliphatic carbocycles. The minimum Gasteiger partial charge on any atom is -0.444 e. The third-order valence-corrected chi connectivity index (χ3v) is 2.66. The van der Waals surface area contributed by atoms with Crippen LogP contribution in [0.5, 0.6) is 0 Å². The van der Waals surface area contributed by atoms with Gasteiger partial charge >= 0.3 is 6.09 Å². The Morgan fingerprint density at radius 3 is 2.68 bits per heavy atom. The average molecular weight is 269 g/mol. The smallest absolute Gasteiger partial charge is 0.412 e. The highest BCUT2D eigenvalue weighted by atomic mass is 16.6. The largest absolute Gasteiger partial charge is 0.444 e. The minimum absolute atomic E-state index is 0.108. The molecule has 106 valence electrons. The Morgan fingerprint density at radius 2 is 2.26 bits per heavy atom. The fourth-order valence-corrected chi connectivity index (χ4v) is 1.85. The molecule has 19 heavy (non-hydrogen) atoms. The van der Waals surface area contributed by atoms with Crippen LogP contribution in [0.15, 0.2) is 5.16 Å². The second kappa shape index (κ2) is 5.45. The summed E-state index contributed by atoms with van der Waals surface area (Å²) in [4.78, 5) is 17.9. The van der Waals surface area contributed by atoms with E-state index < -0.39 is 23.8 Å². The van der Waals surface area contributed by atoms with Crippen LogP contribution in [0.1, 0.15) is 27.2 Å². The van der Waals surface area contributed by atoms with Crippen LogP contribution in [0.4, 0.5) is 4.79 Å². The van der Waals surface area contributed by atoms with Gasteiger partial charge < -0.3 is 14.7 Å². The van der Waals surface area contributed by atoms with E-state index >= 15 is 0 Å². The molecule has 1 atom stereocenters. The van der Waals surface area contributed by atoms with Crippen molar-refractivity contribution in [3.8, 4) is 6.07 Å². The highest BCUT2D eigenvalue weighted by Crippen LogP contribution is 2.29. The van der Waals surface area contributed by atoms with Crippen LogP contribution >= 0.6 is 0 Å². The third-order valence-electron chi connectivity index (χ3n) is 2.66. The Bertz CT molecular complexity index is 422. The molecular weight excluding hydrogens is 250 g/mol. The highest BCUT2D eigenvalue weighted by molar-refractivity contribution is 5.94. The zero-order chi connectivity index (χ0) is 14.7. The van der Waals surface area contributed by atoms with Gasteiger partial charge in [0.1, 0.15) is 12.7 Å². The first-order valence-corrected chi connectivity index (χ1v) is 5.89. The van der Waals surface area contributed by atoms with Crippen LogP contribution in [0.2, 0.25) is 0 Å². The van der Waals surface area contributed by atoms with Gasteiger partial charge in [-0.25, -0.2) is 4.79 Å². The summed E-state index contributed by atoms with van der Waals surface area (Å²) >= 11 is 0. The molecule has 0 bridgehead atoms. The summed E-state index contributed by atoms with van der Waals surface area (Å²) in [6.07, 6.45) is -0.503. The van der Waals surface area contributed by atoms with Gasteiger partial charge in [0.15, 0.2) is 5.54 Å². The Kier molecular flexibility index (Phi) is 4.37. The number of hydrogen-bond donors (Lipinski definition) is 1. The standard InChI is InChI=1S/C12H19N3O4/c1-11(2,3)19-10(17)15-6-9(14-18-4)5-12(15,7-13)8-16/h16H,5-6,8H2,1-4H3. The lowest BCUT2D eigenvalue weighted by Gasteiger charge is -2.31. The third kappa shape index (κ3) is 3.35. The van der Waals surface area contributed by atoms with Crippen molar-refractivity contribution in [2.75, 3.05) is 20.3 Å². The van der Waals surface area contributed by atoms with Gasteiger partial charge in [-0.15, -0.1) is 0 Å². The molecule has 0 aromatic rings. The molecule has 1 aliphatic rings. The number of oxime groups is 1. The van der Waals surface area contributed by atoms with E-state index in [1.54, 1.807) is 20.8 Å². The molecule has 0 aromatic heterocycles. The minimum atomic E-state index is -1.33. The maximum absolute atomic E-state index is 12.1. The second-order valence-corrected chi connectivity index (χ2v) is 5.38. The number of ether oxygens (including phenoxy) is 1. The van der Waals surface area contributed by atoms with E-state index in [2.05, 4.69) is 9.99 Å². The molecule has 7 heteroatoms.